The summed E-state index contributed by atoms with van der Waals surface area (Å²) in [5.41, 5.74) is 4.29. The minimum absolute atomic E-state index is 0.125. The Kier molecular flexibility index (Phi) is 4.15. The van der Waals surface area contributed by atoms with Crippen molar-refractivity contribution in [1.82, 2.24) is 15.3 Å². The number of carbonyl (C=O) groups is 1. The van der Waals surface area contributed by atoms with Crippen LogP contribution in [0.2, 0.25) is 0 Å². The molecule has 0 unspecified atom stereocenters. The zero-order valence-electron chi connectivity index (χ0n) is 13.5. The average Bonchev–Trinajstić information content (AvgIpc) is 2.95. The zero-order valence-corrected chi connectivity index (χ0v) is 13.5. The van der Waals surface area contributed by atoms with Gasteiger partial charge in [-0.15, -0.1) is 0 Å². The zero-order chi connectivity index (χ0) is 16.3. The summed E-state index contributed by atoms with van der Waals surface area (Å²) in [4.78, 5) is 18.6. The van der Waals surface area contributed by atoms with Crippen LogP contribution >= 0.6 is 0 Å². The number of rotatable bonds is 6. The first-order valence-corrected chi connectivity index (χ1v) is 7.78. The number of benzene rings is 2. The van der Waals surface area contributed by atoms with E-state index in [1.54, 1.807) is 0 Å². The minimum Gasteiger partial charge on any atom is -0.358 e. The third-order valence-electron chi connectivity index (χ3n) is 4.15. The van der Waals surface area contributed by atoms with Crippen LogP contribution in [0, 0.1) is 0 Å². The summed E-state index contributed by atoms with van der Waals surface area (Å²) in [6, 6.07) is 16.6. The highest BCUT2D eigenvalue weighted by molar-refractivity contribution is 5.76. The van der Waals surface area contributed by atoms with Gasteiger partial charge in [-0.25, -0.2) is 4.98 Å². The molecule has 3 rings (SSSR count). The Morgan fingerprint density at radius 2 is 1.96 bits per heavy atom. The Hall–Kier alpha value is -2.62. The van der Waals surface area contributed by atoms with E-state index in [1.165, 1.54) is 11.1 Å². The summed E-state index contributed by atoms with van der Waals surface area (Å²) in [6.07, 6.45) is 1.54. The molecule has 3 aromatic rings. The molecule has 1 aromatic heterocycles. The van der Waals surface area contributed by atoms with Gasteiger partial charge in [0.15, 0.2) is 0 Å². The monoisotopic (exact) mass is 307 g/mol. The molecule has 23 heavy (non-hydrogen) atoms. The smallest absolute Gasteiger partial charge is 0.207 e. The molecule has 0 aliphatic heterocycles. The second kappa shape index (κ2) is 6.24. The molecule has 0 saturated carbocycles. The average molecular weight is 307 g/mol. The highest BCUT2D eigenvalue weighted by Gasteiger charge is 2.21. The van der Waals surface area contributed by atoms with Gasteiger partial charge in [0.05, 0.1) is 11.0 Å². The van der Waals surface area contributed by atoms with E-state index in [-0.39, 0.29) is 5.41 Å². The summed E-state index contributed by atoms with van der Waals surface area (Å²) in [6.45, 7) is 4.84. The third kappa shape index (κ3) is 3.42. The number of aromatic amines is 1. The van der Waals surface area contributed by atoms with Gasteiger partial charge in [0, 0.05) is 18.4 Å². The van der Waals surface area contributed by atoms with Crippen LogP contribution in [0.1, 0.15) is 30.8 Å². The van der Waals surface area contributed by atoms with Gasteiger partial charge in [0.2, 0.25) is 6.41 Å². The van der Waals surface area contributed by atoms with Crippen LogP contribution in [0.4, 0.5) is 0 Å². The predicted molar refractivity (Wildman–Crippen MR) is 92.4 cm³/mol. The molecule has 118 valence electrons. The lowest BCUT2D eigenvalue weighted by Crippen LogP contribution is -2.32. The highest BCUT2D eigenvalue weighted by Crippen LogP contribution is 2.25. The lowest BCUT2D eigenvalue weighted by molar-refractivity contribution is -0.109. The first-order valence-electron chi connectivity index (χ1n) is 7.78. The van der Waals surface area contributed by atoms with Gasteiger partial charge in [-0.3, -0.25) is 4.79 Å². The first kappa shape index (κ1) is 15.3. The van der Waals surface area contributed by atoms with E-state index in [1.807, 2.05) is 24.3 Å². The van der Waals surface area contributed by atoms with E-state index in [4.69, 9.17) is 0 Å². The molecule has 0 spiro atoms. The molecule has 4 heteroatoms. The van der Waals surface area contributed by atoms with E-state index in [9.17, 15) is 4.79 Å². The molecule has 0 atom stereocenters. The van der Waals surface area contributed by atoms with Crippen molar-refractivity contribution in [2.45, 2.75) is 25.7 Å². The highest BCUT2D eigenvalue weighted by atomic mass is 16.1. The van der Waals surface area contributed by atoms with Crippen molar-refractivity contribution in [3.63, 3.8) is 0 Å². The second-order valence-corrected chi connectivity index (χ2v) is 6.46. The standard InChI is InChI=1S/C19H21N3O/c1-19(2,12-20-13-23)15-8-9-16-17(11-15)22-18(21-16)10-14-6-4-3-5-7-14/h3-9,11,13H,10,12H2,1-2H3,(H,20,23)(H,21,22). The maximum atomic E-state index is 10.5. The van der Waals surface area contributed by atoms with Gasteiger partial charge in [0.1, 0.15) is 5.82 Å². The molecule has 1 heterocycles. The van der Waals surface area contributed by atoms with Crippen LogP contribution in [-0.2, 0) is 16.6 Å². The molecule has 0 fully saturated rings. The van der Waals surface area contributed by atoms with Crippen LogP contribution in [0.25, 0.3) is 11.0 Å². The Labute approximate surface area is 136 Å². The lowest BCUT2D eigenvalue weighted by Gasteiger charge is -2.24. The van der Waals surface area contributed by atoms with E-state index in [2.05, 4.69) is 53.4 Å². The van der Waals surface area contributed by atoms with Crippen molar-refractivity contribution in [1.29, 1.82) is 0 Å². The molecule has 4 nitrogen and oxygen atoms in total. The lowest BCUT2D eigenvalue weighted by atomic mass is 9.84. The fraction of sp³-hybridized carbons (Fsp3) is 0.263. The van der Waals surface area contributed by atoms with Gasteiger partial charge < -0.3 is 10.3 Å². The Balaban J connectivity index is 1.87. The molecular formula is C19H21N3O. The Morgan fingerprint density at radius 1 is 1.17 bits per heavy atom. The summed E-state index contributed by atoms with van der Waals surface area (Å²) in [5, 5.41) is 2.77. The molecule has 0 bridgehead atoms. The molecule has 2 aromatic carbocycles. The summed E-state index contributed by atoms with van der Waals surface area (Å²) in [7, 11) is 0. The number of nitrogens with one attached hydrogen (secondary N) is 2. The number of H-pyrrole nitrogens is 1. The van der Waals surface area contributed by atoms with Gasteiger partial charge >= 0.3 is 0 Å². The van der Waals surface area contributed by atoms with Gasteiger partial charge in [-0.2, -0.15) is 0 Å². The number of nitrogens with zero attached hydrogens (tertiary/aromatic N) is 1. The van der Waals surface area contributed by atoms with Crippen molar-refractivity contribution in [3.05, 3.63) is 65.5 Å². The molecule has 0 saturated heterocycles. The van der Waals surface area contributed by atoms with Crippen LogP contribution in [0.3, 0.4) is 0 Å². The second-order valence-electron chi connectivity index (χ2n) is 6.46. The number of amides is 1. The van der Waals surface area contributed by atoms with Crippen molar-refractivity contribution >= 4 is 17.4 Å². The fourth-order valence-electron chi connectivity index (χ4n) is 2.76. The number of aromatic nitrogens is 2. The number of fused-ring (bicyclic) bond motifs is 1. The normalized spacial score (nSPS) is 11.6. The van der Waals surface area contributed by atoms with Crippen molar-refractivity contribution in [2.24, 2.45) is 0 Å². The SMILES string of the molecule is CC(C)(CNC=O)c1ccc2nc(Cc3ccccc3)[nH]c2c1. The van der Waals surface area contributed by atoms with E-state index in [0.717, 1.165) is 29.7 Å². The van der Waals surface area contributed by atoms with Crippen LogP contribution in [-0.4, -0.2) is 22.9 Å². The first-order chi connectivity index (χ1) is 11.1. The molecule has 1 amide bonds. The van der Waals surface area contributed by atoms with Gasteiger partial charge in [0.25, 0.3) is 0 Å². The van der Waals surface area contributed by atoms with Crippen LogP contribution in [0.15, 0.2) is 48.5 Å². The Bertz CT molecular complexity index is 806. The van der Waals surface area contributed by atoms with E-state index >= 15 is 0 Å². The molecule has 0 aliphatic carbocycles. The maximum Gasteiger partial charge on any atom is 0.207 e. The van der Waals surface area contributed by atoms with Gasteiger partial charge in [-0.1, -0.05) is 50.2 Å². The summed E-state index contributed by atoms with van der Waals surface area (Å²) in [5.74, 6) is 0.965. The van der Waals surface area contributed by atoms with Gasteiger partial charge in [-0.05, 0) is 23.3 Å². The third-order valence-corrected chi connectivity index (χ3v) is 4.15. The number of hydrogen-bond donors (Lipinski definition) is 2. The van der Waals surface area contributed by atoms with Crippen molar-refractivity contribution in [3.8, 4) is 0 Å². The number of carbonyl (C=O) groups excluding carboxylic acids is 1. The molecule has 0 aliphatic rings. The maximum absolute atomic E-state index is 10.5. The van der Waals surface area contributed by atoms with E-state index in [0.29, 0.717) is 6.54 Å². The summed E-state index contributed by atoms with van der Waals surface area (Å²) < 4.78 is 0. The Morgan fingerprint density at radius 3 is 2.70 bits per heavy atom. The molecule has 2 N–H and O–H groups in total. The van der Waals surface area contributed by atoms with E-state index < -0.39 is 0 Å². The van der Waals surface area contributed by atoms with Crippen molar-refractivity contribution in [2.75, 3.05) is 6.54 Å². The molecular weight excluding hydrogens is 286 g/mol. The molecule has 0 radical (unpaired) electrons. The van der Waals surface area contributed by atoms with Crippen LogP contribution in [0.5, 0.6) is 0 Å². The largest absolute Gasteiger partial charge is 0.358 e. The minimum atomic E-state index is -0.125. The number of imidazole rings is 1. The number of hydrogen-bond acceptors (Lipinski definition) is 2. The van der Waals surface area contributed by atoms with Crippen LogP contribution < -0.4 is 5.32 Å². The van der Waals surface area contributed by atoms with Crippen molar-refractivity contribution < 1.29 is 4.79 Å². The topological polar surface area (TPSA) is 57.8 Å². The summed E-state index contributed by atoms with van der Waals surface area (Å²) >= 11 is 0. The fourth-order valence-corrected chi connectivity index (χ4v) is 2.76. The predicted octanol–water partition coefficient (Wildman–Crippen LogP) is 3.18. The quantitative estimate of drug-likeness (QED) is 0.687.